The quantitative estimate of drug-likeness (QED) is 0.370. The van der Waals surface area contributed by atoms with E-state index in [2.05, 4.69) is 9.97 Å². The molecular weight excluding hydrogens is 444 g/mol. The van der Waals surface area contributed by atoms with Gasteiger partial charge in [0.1, 0.15) is 12.4 Å². The normalized spacial score (nSPS) is 11.3. The second-order valence-corrected chi connectivity index (χ2v) is 8.29. The Kier molecular flexibility index (Phi) is 6.12. The van der Waals surface area contributed by atoms with Gasteiger partial charge >= 0.3 is 0 Å². The van der Waals surface area contributed by atoms with Crippen molar-refractivity contribution < 1.29 is 9.53 Å². The molecule has 8 nitrogen and oxygen atoms in total. The summed E-state index contributed by atoms with van der Waals surface area (Å²) in [6.07, 6.45) is 0. The minimum absolute atomic E-state index is 0.0167. The number of amides is 1. The molecular formula is C27H24N4O4. The summed E-state index contributed by atoms with van der Waals surface area (Å²) in [5.74, 6) is 0.213. The zero-order valence-corrected chi connectivity index (χ0v) is 19.2. The Morgan fingerprint density at radius 3 is 2.17 bits per heavy atom. The molecule has 0 bridgehead atoms. The highest BCUT2D eigenvalue weighted by molar-refractivity contribution is 5.94. The molecule has 0 saturated carbocycles. The number of H-pyrrole nitrogens is 1. The van der Waals surface area contributed by atoms with Crippen molar-refractivity contribution in [3.05, 3.63) is 99.2 Å². The molecule has 0 spiro atoms. The van der Waals surface area contributed by atoms with Crippen LogP contribution < -0.4 is 11.0 Å². The Hall–Kier alpha value is -4.30. The van der Waals surface area contributed by atoms with E-state index in [0.29, 0.717) is 51.7 Å². The average molecular weight is 469 g/mol. The lowest BCUT2D eigenvalue weighted by Crippen LogP contribution is -2.37. The number of nitrogens with one attached hydrogen (secondary N) is 1. The van der Waals surface area contributed by atoms with Crippen LogP contribution in [0.3, 0.4) is 0 Å². The van der Waals surface area contributed by atoms with E-state index in [1.54, 1.807) is 42.3 Å². The fourth-order valence-electron chi connectivity index (χ4n) is 4.37. The Labute approximate surface area is 200 Å². The number of nitrogens with zero attached hydrogens (tertiary/aromatic N) is 3. The van der Waals surface area contributed by atoms with Gasteiger partial charge in [-0.1, -0.05) is 36.4 Å². The molecule has 0 saturated heterocycles. The maximum atomic E-state index is 13.6. The minimum Gasteiger partial charge on any atom is -0.383 e. The summed E-state index contributed by atoms with van der Waals surface area (Å²) in [7, 11) is 1.57. The van der Waals surface area contributed by atoms with E-state index < -0.39 is 0 Å². The maximum absolute atomic E-state index is 13.6. The predicted molar refractivity (Wildman–Crippen MR) is 135 cm³/mol. The fourth-order valence-corrected chi connectivity index (χ4v) is 4.37. The monoisotopic (exact) mass is 468 g/mol. The van der Waals surface area contributed by atoms with Gasteiger partial charge in [0.2, 0.25) is 5.91 Å². The molecule has 176 valence electrons. The molecule has 2 aromatic heterocycles. The molecule has 5 aromatic rings. The number of benzene rings is 3. The van der Waals surface area contributed by atoms with E-state index in [-0.39, 0.29) is 30.0 Å². The molecule has 0 atom stereocenters. The molecule has 8 heteroatoms. The number of rotatable bonds is 7. The van der Waals surface area contributed by atoms with E-state index in [0.717, 1.165) is 0 Å². The molecule has 0 aliphatic carbocycles. The lowest BCUT2D eigenvalue weighted by atomic mass is 10.1. The lowest BCUT2D eigenvalue weighted by Gasteiger charge is -2.24. The van der Waals surface area contributed by atoms with Crippen LogP contribution in [0.2, 0.25) is 0 Å². The lowest BCUT2D eigenvalue weighted by molar-refractivity contribution is -0.133. The first-order valence-electron chi connectivity index (χ1n) is 11.3. The topological polar surface area (TPSA) is 97.3 Å². The van der Waals surface area contributed by atoms with Crippen molar-refractivity contribution in [1.29, 1.82) is 0 Å². The summed E-state index contributed by atoms with van der Waals surface area (Å²) >= 11 is 0. The van der Waals surface area contributed by atoms with Crippen molar-refractivity contribution in [2.24, 2.45) is 0 Å². The first-order chi connectivity index (χ1) is 17.1. The van der Waals surface area contributed by atoms with Crippen LogP contribution in [0.5, 0.6) is 0 Å². The van der Waals surface area contributed by atoms with Crippen molar-refractivity contribution in [3.8, 4) is 0 Å². The van der Waals surface area contributed by atoms with Crippen molar-refractivity contribution in [3.63, 3.8) is 0 Å². The van der Waals surface area contributed by atoms with E-state index in [9.17, 15) is 14.4 Å². The van der Waals surface area contributed by atoms with Crippen molar-refractivity contribution in [2.45, 2.75) is 13.1 Å². The number of para-hydroxylation sites is 3. The van der Waals surface area contributed by atoms with Gasteiger partial charge in [0, 0.05) is 24.4 Å². The Balaban J connectivity index is 1.54. The largest absolute Gasteiger partial charge is 0.383 e. The summed E-state index contributed by atoms with van der Waals surface area (Å²) < 4.78 is 7.09. The van der Waals surface area contributed by atoms with Gasteiger partial charge in [0.15, 0.2) is 5.43 Å². The summed E-state index contributed by atoms with van der Waals surface area (Å²) in [5, 5.41) is 1.61. The SMILES string of the molecule is COCCN(Cc1nc2ccccc2c(=O)[nH]1)C(=O)Cn1c2ccccc2c(=O)c2ccccc21. The van der Waals surface area contributed by atoms with Crippen LogP contribution in [-0.2, 0) is 22.6 Å². The van der Waals surface area contributed by atoms with Crippen molar-refractivity contribution >= 4 is 38.6 Å². The number of aromatic amines is 1. The molecule has 0 aliphatic rings. The van der Waals surface area contributed by atoms with Crippen LogP contribution in [-0.4, -0.2) is 45.6 Å². The number of aromatic nitrogens is 3. The number of pyridine rings is 1. The Morgan fingerprint density at radius 1 is 0.914 bits per heavy atom. The Morgan fingerprint density at radius 2 is 1.51 bits per heavy atom. The number of ether oxygens (including phenoxy) is 1. The highest BCUT2D eigenvalue weighted by atomic mass is 16.5. The number of hydrogen-bond acceptors (Lipinski definition) is 5. The minimum atomic E-state index is -0.248. The number of carbonyl (C=O) groups is 1. The van der Waals surface area contributed by atoms with Gasteiger partial charge in [-0.2, -0.15) is 0 Å². The molecule has 3 aromatic carbocycles. The second-order valence-electron chi connectivity index (χ2n) is 8.29. The van der Waals surface area contributed by atoms with Gasteiger partial charge in [-0.15, -0.1) is 0 Å². The standard InChI is InChI=1S/C27H24N4O4/c1-35-15-14-30(16-24-28-21-11-5-2-8-18(21)27(34)29-24)25(32)17-31-22-12-6-3-9-19(22)26(33)20-10-4-7-13-23(20)31/h2-13H,14-17H2,1H3,(H,28,29,34). The van der Waals surface area contributed by atoms with E-state index in [4.69, 9.17) is 4.74 Å². The van der Waals surface area contributed by atoms with Gasteiger partial charge < -0.3 is 19.2 Å². The summed E-state index contributed by atoms with van der Waals surface area (Å²) in [4.78, 5) is 48.1. The van der Waals surface area contributed by atoms with Gasteiger partial charge in [0.05, 0.1) is 35.1 Å². The van der Waals surface area contributed by atoms with Crippen LogP contribution in [0, 0.1) is 0 Å². The molecule has 2 heterocycles. The Bertz CT molecular complexity index is 1610. The first-order valence-corrected chi connectivity index (χ1v) is 11.3. The number of hydrogen-bond donors (Lipinski definition) is 1. The molecule has 1 amide bonds. The molecule has 1 N–H and O–H groups in total. The summed E-state index contributed by atoms with van der Waals surface area (Å²) in [6.45, 7) is 0.790. The predicted octanol–water partition coefficient (Wildman–Crippen LogP) is 3.07. The third kappa shape index (κ3) is 4.31. The highest BCUT2D eigenvalue weighted by Crippen LogP contribution is 2.19. The van der Waals surface area contributed by atoms with Crippen LogP contribution >= 0.6 is 0 Å². The molecule has 35 heavy (non-hydrogen) atoms. The smallest absolute Gasteiger partial charge is 0.258 e. The number of fused-ring (bicyclic) bond motifs is 3. The average Bonchev–Trinajstić information content (AvgIpc) is 2.89. The van der Waals surface area contributed by atoms with Gasteiger partial charge in [-0.05, 0) is 36.4 Å². The van der Waals surface area contributed by atoms with Gasteiger partial charge in [-0.3, -0.25) is 14.4 Å². The fraction of sp³-hybridized carbons (Fsp3) is 0.185. The molecule has 0 radical (unpaired) electrons. The summed E-state index contributed by atoms with van der Waals surface area (Å²) in [5.41, 5.74) is 1.64. The first kappa shape index (κ1) is 22.5. The van der Waals surface area contributed by atoms with Crippen molar-refractivity contribution in [2.75, 3.05) is 20.3 Å². The van der Waals surface area contributed by atoms with Crippen LogP contribution in [0.1, 0.15) is 5.82 Å². The van der Waals surface area contributed by atoms with E-state index in [1.807, 2.05) is 47.0 Å². The number of carbonyl (C=O) groups excluding carboxylic acids is 1. The summed E-state index contributed by atoms with van der Waals surface area (Å²) in [6, 6.07) is 21.7. The number of methoxy groups -OCH3 is 1. The van der Waals surface area contributed by atoms with Crippen LogP contribution in [0.4, 0.5) is 0 Å². The zero-order chi connectivity index (χ0) is 24.4. The van der Waals surface area contributed by atoms with E-state index >= 15 is 0 Å². The van der Waals surface area contributed by atoms with Crippen molar-refractivity contribution in [1.82, 2.24) is 19.4 Å². The third-order valence-electron chi connectivity index (χ3n) is 6.09. The molecule has 0 unspecified atom stereocenters. The van der Waals surface area contributed by atoms with Gasteiger partial charge in [0.25, 0.3) is 5.56 Å². The van der Waals surface area contributed by atoms with Crippen LogP contribution in [0.25, 0.3) is 32.7 Å². The molecule has 5 rings (SSSR count). The van der Waals surface area contributed by atoms with E-state index in [1.165, 1.54) is 0 Å². The zero-order valence-electron chi connectivity index (χ0n) is 19.2. The van der Waals surface area contributed by atoms with Crippen LogP contribution in [0.15, 0.2) is 82.4 Å². The second kappa shape index (κ2) is 9.52. The third-order valence-corrected chi connectivity index (χ3v) is 6.09. The highest BCUT2D eigenvalue weighted by Gasteiger charge is 2.19. The molecule has 0 fully saturated rings. The maximum Gasteiger partial charge on any atom is 0.258 e. The molecule has 0 aliphatic heterocycles. The van der Waals surface area contributed by atoms with Gasteiger partial charge in [-0.25, -0.2) is 4.98 Å².